The van der Waals surface area contributed by atoms with E-state index < -0.39 is 0 Å². The minimum absolute atomic E-state index is 0.101. The fourth-order valence-electron chi connectivity index (χ4n) is 4.30. The van der Waals surface area contributed by atoms with Crippen molar-refractivity contribution >= 4 is 16.9 Å². The molecular weight excluding hydrogens is 318 g/mol. The van der Waals surface area contributed by atoms with Gasteiger partial charge in [-0.1, -0.05) is 18.0 Å². The number of hydrogen-bond acceptors (Lipinski definition) is 7. The highest BCUT2D eigenvalue weighted by Crippen LogP contribution is 2.37. The summed E-state index contributed by atoms with van der Waals surface area (Å²) in [6.45, 7) is 5.83. The van der Waals surface area contributed by atoms with Crippen molar-refractivity contribution in [3.8, 4) is 0 Å². The first-order valence-electron chi connectivity index (χ1n) is 9.00. The van der Waals surface area contributed by atoms with Crippen molar-refractivity contribution in [2.24, 2.45) is 0 Å². The third-order valence-electron chi connectivity index (χ3n) is 5.63. The minimum Gasteiger partial charge on any atom is -0.344 e. The number of anilines is 1. The molecule has 0 spiro atoms. The Morgan fingerprint density at radius 1 is 1.08 bits per heavy atom. The summed E-state index contributed by atoms with van der Waals surface area (Å²) in [7, 11) is 0. The predicted molar refractivity (Wildman–Crippen MR) is 91.3 cm³/mol. The van der Waals surface area contributed by atoms with Gasteiger partial charge < -0.3 is 14.0 Å². The number of aromatic nitrogens is 6. The van der Waals surface area contributed by atoms with Crippen LogP contribution < -0.4 is 4.90 Å². The number of aryl methyl sites for hydroxylation is 1. The third kappa shape index (κ3) is 2.16. The van der Waals surface area contributed by atoms with Crippen molar-refractivity contribution in [1.82, 2.24) is 29.9 Å². The van der Waals surface area contributed by atoms with Gasteiger partial charge in [-0.2, -0.15) is 4.98 Å². The second-order valence-corrected chi connectivity index (χ2v) is 7.06. The molecule has 0 aromatic carbocycles. The van der Waals surface area contributed by atoms with Crippen molar-refractivity contribution in [3.63, 3.8) is 0 Å². The average molecular weight is 339 g/mol. The van der Waals surface area contributed by atoms with Gasteiger partial charge in [-0.15, -0.1) is 10.2 Å². The molecule has 0 radical (unpaired) electrons. The van der Waals surface area contributed by atoms with Crippen molar-refractivity contribution in [2.75, 3.05) is 11.4 Å². The van der Waals surface area contributed by atoms with E-state index in [4.69, 9.17) is 4.52 Å². The van der Waals surface area contributed by atoms with Crippen LogP contribution in [0, 0.1) is 6.92 Å². The van der Waals surface area contributed by atoms with E-state index in [0.29, 0.717) is 11.6 Å². The highest BCUT2D eigenvalue weighted by molar-refractivity contribution is 5.88. The van der Waals surface area contributed by atoms with Gasteiger partial charge in [0.25, 0.3) is 5.71 Å². The Morgan fingerprint density at radius 3 is 2.72 bits per heavy atom. The van der Waals surface area contributed by atoms with Gasteiger partial charge in [-0.05, 0) is 26.7 Å². The molecule has 4 heterocycles. The number of nitrogens with zero attached hydrogens (tertiary/aromatic N) is 7. The SMILES string of the molecule is Cc1noc2ncnc(N3CCn4c(C5CCCC5)nnc4C3C)c12. The molecule has 1 unspecified atom stereocenters. The van der Waals surface area contributed by atoms with E-state index >= 15 is 0 Å². The van der Waals surface area contributed by atoms with Crippen LogP contribution in [-0.2, 0) is 6.54 Å². The first-order valence-corrected chi connectivity index (χ1v) is 9.00. The van der Waals surface area contributed by atoms with Crippen LogP contribution in [0.25, 0.3) is 11.1 Å². The largest absolute Gasteiger partial charge is 0.344 e. The average Bonchev–Trinajstić information content (AvgIpc) is 3.34. The molecule has 1 aliphatic carbocycles. The summed E-state index contributed by atoms with van der Waals surface area (Å²) >= 11 is 0. The Morgan fingerprint density at radius 2 is 1.88 bits per heavy atom. The molecule has 130 valence electrons. The lowest BCUT2D eigenvalue weighted by atomic mass is 10.1. The maximum Gasteiger partial charge on any atom is 0.263 e. The number of rotatable bonds is 2. The molecule has 1 saturated carbocycles. The Labute approximate surface area is 145 Å². The molecule has 5 rings (SSSR count). The molecule has 0 amide bonds. The van der Waals surface area contributed by atoms with E-state index in [9.17, 15) is 0 Å². The summed E-state index contributed by atoms with van der Waals surface area (Å²) in [6.07, 6.45) is 6.63. The Kier molecular flexibility index (Phi) is 3.26. The van der Waals surface area contributed by atoms with Crippen LogP contribution in [0.2, 0.25) is 0 Å². The van der Waals surface area contributed by atoms with Gasteiger partial charge in [-0.25, -0.2) is 4.98 Å². The lowest BCUT2D eigenvalue weighted by Gasteiger charge is -2.35. The molecule has 25 heavy (non-hydrogen) atoms. The second kappa shape index (κ2) is 5.50. The zero-order valence-electron chi connectivity index (χ0n) is 14.5. The maximum absolute atomic E-state index is 5.30. The van der Waals surface area contributed by atoms with Gasteiger partial charge in [0.2, 0.25) is 0 Å². The topological polar surface area (TPSA) is 85.8 Å². The van der Waals surface area contributed by atoms with E-state index in [1.165, 1.54) is 37.8 Å². The zero-order chi connectivity index (χ0) is 17.0. The van der Waals surface area contributed by atoms with Gasteiger partial charge in [0.15, 0.2) is 5.82 Å². The molecule has 8 nitrogen and oxygen atoms in total. The summed E-state index contributed by atoms with van der Waals surface area (Å²) in [5.74, 6) is 3.64. The molecule has 1 fully saturated rings. The molecule has 1 atom stereocenters. The van der Waals surface area contributed by atoms with Crippen LogP contribution in [0.4, 0.5) is 5.82 Å². The molecule has 0 N–H and O–H groups in total. The van der Waals surface area contributed by atoms with E-state index in [2.05, 4.69) is 41.7 Å². The lowest BCUT2D eigenvalue weighted by molar-refractivity contribution is 0.442. The van der Waals surface area contributed by atoms with Crippen LogP contribution >= 0.6 is 0 Å². The van der Waals surface area contributed by atoms with Crippen LogP contribution in [0.15, 0.2) is 10.9 Å². The van der Waals surface area contributed by atoms with Gasteiger partial charge in [0.1, 0.15) is 23.4 Å². The van der Waals surface area contributed by atoms with Gasteiger partial charge in [0, 0.05) is 19.0 Å². The zero-order valence-corrected chi connectivity index (χ0v) is 14.5. The second-order valence-electron chi connectivity index (χ2n) is 7.06. The van der Waals surface area contributed by atoms with Gasteiger partial charge in [0.05, 0.1) is 11.7 Å². The van der Waals surface area contributed by atoms with E-state index in [-0.39, 0.29) is 6.04 Å². The molecule has 1 aliphatic heterocycles. The van der Waals surface area contributed by atoms with Gasteiger partial charge in [-0.3, -0.25) is 0 Å². The fraction of sp³-hybridized carbons (Fsp3) is 0.588. The molecule has 3 aromatic heterocycles. The molecule has 0 bridgehead atoms. The third-order valence-corrected chi connectivity index (χ3v) is 5.63. The smallest absolute Gasteiger partial charge is 0.263 e. The van der Waals surface area contributed by atoms with Crippen molar-refractivity contribution in [2.45, 2.75) is 58.0 Å². The maximum atomic E-state index is 5.30. The highest BCUT2D eigenvalue weighted by Gasteiger charge is 2.33. The number of fused-ring (bicyclic) bond motifs is 2. The van der Waals surface area contributed by atoms with Crippen molar-refractivity contribution in [3.05, 3.63) is 23.7 Å². The Hall–Kier alpha value is -2.51. The Balaban J connectivity index is 1.54. The quantitative estimate of drug-likeness (QED) is 0.709. The van der Waals surface area contributed by atoms with Crippen molar-refractivity contribution < 1.29 is 4.52 Å². The van der Waals surface area contributed by atoms with Gasteiger partial charge >= 0.3 is 0 Å². The van der Waals surface area contributed by atoms with Crippen molar-refractivity contribution in [1.29, 1.82) is 0 Å². The lowest BCUT2D eigenvalue weighted by Crippen LogP contribution is -2.38. The van der Waals surface area contributed by atoms with Crippen LogP contribution in [0.1, 0.15) is 61.9 Å². The van der Waals surface area contributed by atoms with Crippen LogP contribution in [-0.4, -0.2) is 36.4 Å². The normalized spacial score (nSPS) is 21.2. The van der Waals surface area contributed by atoms with E-state index in [1.54, 1.807) is 0 Å². The van der Waals surface area contributed by atoms with Crippen LogP contribution in [0.5, 0.6) is 0 Å². The highest BCUT2D eigenvalue weighted by atomic mass is 16.5. The summed E-state index contributed by atoms with van der Waals surface area (Å²) in [5.41, 5.74) is 1.35. The summed E-state index contributed by atoms with van der Waals surface area (Å²) in [6, 6.07) is 0.101. The monoisotopic (exact) mass is 339 g/mol. The summed E-state index contributed by atoms with van der Waals surface area (Å²) < 4.78 is 7.62. The summed E-state index contributed by atoms with van der Waals surface area (Å²) in [5, 5.41) is 14.0. The molecule has 2 aliphatic rings. The molecule has 8 heteroatoms. The number of hydrogen-bond donors (Lipinski definition) is 0. The molecule has 0 saturated heterocycles. The fourth-order valence-corrected chi connectivity index (χ4v) is 4.30. The Bertz CT molecular complexity index is 924. The first-order chi connectivity index (χ1) is 12.2. The van der Waals surface area contributed by atoms with E-state index in [1.807, 2.05) is 6.92 Å². The summed E-state index contributed by atoms with van der Waals surface area (Å²) in [4.78, 5) is 11.0. The standard InChI is InChI=1S/C17H21N7O/c1-10-13-16(18-9-19-17(13)25-22-10)23-7-8-24-14(11(23)2)20-21-15(24)12-5-3-4-6-12/h9,11-12H,3-8H2,1-2H3. The molecular formula is C17H21N7O. The minimum atomic E-state index is 0.101. The van der Waals surface area contributed by atoms with Crippen LogP contribution in [0.3, 0.4) is 0 Å². The molecule has 3 aromatic rings. The first kappa shape index (κ1) is 14.8. The predicted octanol–water partition coefficient (Wildman–Crippen LogP) is 2.76. The van der Waals surface area contributed by atoms with E-state index in [0.717, 1.165) is 35.8 Å².